The Bertz CT molecular complexity index is 387. The first-order valence-corrected chi connectivity index (χ1v) is 12.2. The van der Waals surface area contributed by atoms with Crippen molar-refractivity contribution in [2.45, 2.75) is 117 Å². The van der Waals surface area contributed by atoms with E-state index in [9.17, 15) is 14.7 Å². The molecule has 29 heavy (non-hydrogen) atoms. The van der Waals surface area contributed by atoms with Gasteiger partial charge in [-0.05, 0) is 12.8 Å². The fourth-order valence-electron chi connectivity index (χ4n) is 3.44. The maximum Gasteiger partial charge on any atom is 0.305 e. The van der Waals surface area contributed by atoms with Crippen LogP contribution in [0.4, 0.5) is 0 Å². The van der Waals surface area contributed by atoms with Crippen LogP contribution >= 0.6 is 0 Å². The van der Waals surface area contributed by atoms with Crippen molar-refractivity contribution in [3.8, 4) is 0 Å². The molecule has 0 saturated carbocycles. The molecule has 1 N–H and O–H groups in total. The highest BCUT2D eigenvalue weighted by Gasteiger charge is 2.13. The van der Waals surface area contributed by atoms with Gasteiger partial charge in [-0.15, -0.1) is 0 Å². The molecule has 172 valence electrons. The molecule has 0 aliphatic carbocycles. The molecule has 0 unspecified atom stereocenters. The molecule has 0 aromatic heterocycles. The minimum atomic E-state index is -0.179. The number of carbonyl (C=O) groups is 2. The highest BCUT2D eigenvalue weighted by Crippen LogP contribution is 2.10. The second kappa shape index (κ2) is 21.6. The summed E-state index contributed by atoms with van der Waals surface area (Å²) in [6.45, 7) is 5.26. The Hall–Kier alpha value is -1.10. The fraction of sp³-hybridized carbons (Fsp3) is 0.917. The Balaban J connectivity index is 3.79. The van der Waals surface area contributed by atoms with Gasteiger partial charge in [0.05, 0.1) is 13.2 Å². The zero-order chi connectivity index (χ0) is 21.6. The van der Waals surface area contributed by atoms with Crippen LogP contribution in [0.3, 0.4) is 0 Å². The second-order valence-corrected chi connectivity index (χ2v) is 8.07. The van der Waals surface area contributed by atoms with Crippen LogP contribution in [-0.2, 0) is 14.3 Å². The van der Waals surface area contributed by atoms with E-state index in [1.54, 1.807) is 4.90 Å². The molecular weight excluding hydrogens is 366 g/mol. The van der Waals surface area contributed by atoms with Gasteiger partial charge in [0, 0.05) is 19.4 Å². The zero-order valence-electron chi connectivity index (χ0n) is 19.3. The molecule has 0 aliphatic rings. The van der Waals surface area contributed by atoms with Crippen molar-refractivity contribution in [1.29, 1.82) is 0 Å². The van der Waals surface area contributed by atoms with Crippen molar-refractivity contribution in [1.82, 2.24) is 4.90 Å². The number of ether oxygens (including phenoxy) is 1. The third-order valence-corrected chi connectivity index (χ3v) is 5.33. The van der Waals surface area contributed by atoms with Crippen molar-refractivity contribution in [2.24, 2.45) is 0 Å². The van der Waals surface area contributed by atoms with E-state index in [1.807, 2.05) is 0 Å². The maximum absolute atomic E-state index is 12.3. The number of amides is 1. The molecule has 0 radical (unpaired) electrons. The number of hydrogen-bond donors (Lipinski definition) is 1. The third-order valence-electron chi connectivity index (χ3n) is 5.33. The Labute approximate surface area is 179 Å². The molecule has 0 bridgehead atoms. The maximum atomic E-state index is 12.3. The van der Waals surface area contributed by atoms with E-state index in [2.05, 4.69) is 13.8 Å². The van der Waals surface area contributed by atoms with Gasteiger partial charge in [0.1, 0.15) is 6.61 Å². The average molecular weight is 414 g/mol. The fourth-order valence-corrected chi connectivity index (χ4v) is 3.44. The lowest BCUT2D eigenvalue weighted by molar-refractivity contribution is -0.146. The van der Waals surface area contributed by atoms with Gasteiger partial charge < -0.3 is 14.7 Å². The number of esters is 1. The molecule has 0 spiro atoms. The van der Waals surface area contributed by atoms with Crippen molar-refractivity contribution in [2.75, 3.05) is 26.3 Å². The average Bonchev–Trinajstić information content (AvgIpc) is 2.71. The summed E-state index contributed by atoms with van der Waals surface area (Å²) in [6.07, 6.45) is 17.4. The number of rotatable bonds is 21. The topological polar surface area (TPSA) is 66.8 Å². The lowest BCUT2D eigenvalue weighted by Crippen LogP contribution is -2.36. The normalized spacial score (nSPS) is 10.9. The molecule has 5 heteroatoms. The van der Waals surface area contributed by atoms with Crippen LogP contribution in [0.2, 0.25) is 0 Å². The van der Waals surface area contributed by atoms with Crippen LogP contribution in [0.15, 0.2) is 0 Å². The first-order chi connectivity index (χ1) is 14.2. The predicted octanol–water partition coefficient (Wildman–Crippen LogP) is 5.63. The molecule has 0 saturated heterocycles. The molecule has 0 aromatic rings. The monoisotopic (exact) mass is 413 g/mol. The van der Waals surface area contributed by atoms with E-state index >= 15 is 0 Å². The standard InChI is InChI=1S/C24H47NO4/c1-3-5-7-9-11-13-15-17-23(27)25(19-21-26)20-22-29-24(28)18-16-14-12-10-8-6-4-2/h26H,3-22H2,1-2H3. The van der Waals surface area contributed by atoms with E-state index in [-0.39, 0.29) is 25.1 Å². The van der Waals surface area contributed by atoms with Gasteiger partial charge in [-0.2, -0.15) is 0 Å². The summed E-state index contributed by atoms with van der Waals surface area (Å²) >= 11 is 0. The van der Waals surface area contributed by atoms with Gasteiger partial charge in [0.2, 0.25) is 5.91 Å². The van der Waals surface area contributed by atoms with Gasteiger partial charge in [0.25, 0.3) is 0 Å². The molecule has 0 heterocycles. The predicted molar refractivity (Wildman–Crippen MR) is 120 cm³/mol. The first-order valence-electron chi connectivity index (χ1n) is 12.2. The van der Waals surface area contributed by atoms with Gasteiger partial charge in [-0.25, -0.2) is 0 Å². The van der Waals surface area contributed by atoms with Crippen LogP contribution < -0.4 is 0 Å². The van der Waals surface area contributed by atoms with Crippen LogP contribution in [0.25, 0.3) is 0 Å². The number of carbonyl (C=O) groups excluding carboxylic acids is 2. The van der Waals surface area contributed by atoms with Gasteiger partial charge >= 0.3 is 5.97 Å². The minimum Gasteiger partial charge on any atom is -0.464 e. The Kier molecular flexibility index (Phi) is 20.8. The Morgan fingerprint density at radius 2 is 1.17 bits per heavy atom. The molecule has 0 fully saturated rings. The van der Waals surface area contributed by atoms with E-state index < -0.39 is 0 Å². The number of unbranched alkanes of at least 4 members (excludes halogenated alkanes) is 12. The summed E-state index contributed by atoms with van der Waals surface area (Å²) in [7, 11) is 0. The number of nitrogens with zero attached hydrogens (tertiary/aromatic N) is 1. The lowest BCUT2D eigenvalue weighted by atomic mass is 10.1. The summed E-state index contributed by atoms with van der Waals surface area (Å²) in [6, 6.07) is 0. The van der Waals surface area contributed by atoms with Crippen molar-refractivity contribution < 1.29 is 19.4 Å². The summed E-state index contributed by atoms with van der Waals surface area (Å²) in [5, 5.41) is 9.21. The largest absolute Gasteiger partial charge is 0.464 e. The van der Waals surface area contributed by atoms with Gasteiger partial charge in [0.15, 0.2) is 0 Å². The van der Waals surface area contributed by atoms with Crippen molar-refractivity contribution >= 4 is 11.9 Å². The summed E-state index contributed by atoms with van der Waals surface area (Å²) < 4.78 is 5.28. The molecule has 0 atom stereocenters. The van der Waals surface area contributed by atoms with Crippen molar-refractivity contribution in [3.63, 3.8) is 0 Å². The Morgan fingerprint density at radius 3 is 1.69 bits per heavy atom. The van der Waals surface area contributed by atoms with Crippen LogP contribution in [0, 0.1) is 0 Å². The van der Waals surface area contributed by atoms with Crippen LogP contribution in [0.5, 0.6) is 0 Å². The summed E-state index contributed by atoms with van der Waals surface area (Å²) in [5.41, 5.74) is 0. The smallest absolute Gasteiger partial charge is 0.305 e. The lowest BCUT2D eigenvalue weighted by Gasteiger charge is -2.21. The molecule has 1 amide bonds. The number of aliphatic hydroxyl groups is 1. The molecule has 0 rings (SSSR count). The third kappa shape index (κ3) is 18.7. The zero-order valence-corrected chi connectivity index (χ0v) is 19.3. The van der Waals surface area contributed by atoms with Crippen molar-refractivity contribution in [3.05, 3.63) is 0 Å². The molecule has 5 nitrogen and oxygen atoms in total. The summed E-state index contributed by atoms with van der Waals surface area (Å²) in [5.74, 6) is -0.127. The van der Waals surface area contributed by atoms with Gasteiger partial charge in [-0.3, -0.25) is 9.59 Å². The minimum absolute atomic E-state index is 0.0516. The van der Waals surface area contributed by atoms with Crippen LogP contribution in [-0.4, -0.2) is 48.2 Å². The van der Waals surface area contributed by atoms with Crippen LogP contribution in [0.1, 0.15) is 117 Å². The highest BCUT2D eigenvalue weighted by molar-refractivity contribution is 5.76. The Morgan fingerprint density at radius 1 is 0.690 bits per heavy atom. The summed E-state index contributed by atoms with van der Waals surface area (Å²) in [4.78, 5) is 25.8. The molecule has 0 aliphatic heterocycles. The van der Waals surface area contributed by atoms with E-state index in [0.29, 0.717) is 25.9 Å². The van der Waals surface area contributed by atoms with E-state index in [0.717, 1.165) is 25.7 Å². The molecule has 0 aromatic carbocycles. The number of hydrogen-bond acceptors (Lipinski definition) is 4. The SMILES string of the molecule is CCCCCCCCCC(=O)OCCN(CCO)C(=O)CCCCCCCCC. The van der Waals surface area contributed by atoms with E-state index in [4.69, 9.17) is 4.74 Å². The van der Waals surface area contributed by atoms with Gasteiger partial charge in [-0.1, -0.05) is 90.9 Å². The first kappa shape index (κ1) is 27.9. The molecular formula is C24H47NO4. The quantitative estimate of drug-likeness (QED) is 0.195. The highest BCUT2D eigenvalue weighted by atomic mass is 16.5. The van der Waals surface area contributed by atoms with E-state index in [1.165, 1.54) is 64.2 Å². The number of aliphatic hydroxyl groups excluding tert-OH is 1. The second-order valence-electron chi connectivity index (χ2n) is 8.07.